The molecule has 6 nitrogen and oxygen atoms in total. The van der Waals surface area contributed by atoms with Gasteiger partial charge in [0.2, 0.25) is 0 Å². The number of anilines is 1. The van der Waals surface area contributed by atoms with Crippen molar-refractivity contribution < 1.29 is 19.0 Å². The van der Waals surface area contributed by atoms with E-state index in [0.29, 0.717) is 29.7 Å². The number of ether oxygens (including phenoxy) is 3. The SMILES string of the molecule is COc1ccc(NC(=O)N2CCC(COCc3ccccc3)CC2)c(OC)c1. The monoisotopic (exact) mass is 384 g/mol. The van der Waals surface area contributed by atoms with Crippen LogP contribution in [0.25, 0.3) is 0 Å². The lowest BCUT2D eigenvalue weighted by molar-refractivity contribution is 0.0640. The molecule has 0 spiro atoms. The molecular weight excluding hydrogens is 356 g/mol. The van der Waals surface area contributed by atoms with E-state index >= 15 is 0 Å². The number of nitrogens with zero attached hydrogens (tertiary/aromatic N) is 1. The first-order valence-electron chi connectivity index (χ1n) is 9.59. The van der Waals surface area contributed by atoms with Crippen molar-refractivity contribution >= 4 is 11.7 Å². The highest BCUT2D eigenvalue weighted by atomic mass is 16.5. The molecule has 28 heavy (non-hydrogen) atoms. The second-order valence-corrected chi connectivity index (χ2v) is 6.93. The van der Waals surface area contributed by atoms with Crippen LogP contribution in [0.2, 0.25) is 0 Å². The molecule has 1 aliphatic rings. The first-order valence-corrected chi connectivity index (χ1v) is 9.59. The van der Waals surface area contributed by atoms with Gasteiger partial charge < -0.3 is 24.4 Å². The number of carbonyl (C=O) groups excluding carboxylic acids is 1. The number of urea groups is 1. The predicted molar refractivity (Wildman–Crippen MR) is 109 cm³/mol. The molecule has 0 aromatic heterocycles. The Morgan fingerprint density at radius 1 is 1.07 bits per heavy atom. The Morgan fingerprint density at radius 3 is 2.50 bits per heavy atom. The Morgan fingerprint density at radius 2 is 1.82 bits per heavy atom. The van der Waals surface area contributed by atoms with Crippen molar-refractivity contribution in [2.24, 2.45) is 5.92 Å². The lowest BCUT2D eigenvalue weighted by Crippen LogP contribution is -2.41. The van der Waals surface area contributed by atoms with Crippen LogP contribution in [-0.4, -0.2) is 44.8 Å². The summed E-state index contributed by atoms with van der Waals surface area (Å²) in [4.78, 5) is 14.4. The van der Waals surface area contributed by atoms with E-state index in [0.717, 1.165) is 32.5 Å². The molecular formula is C22H28N2O4. The number of benzene rings is 2. The van der Waals surface area contributed by atoms with Gasteiger partial charge in [0, 0.05) is 25.8 Å². The summed E-state index contributed by atoms with van der Waals surface area (Å²) in [7, 11) is 3.17. The summed E-state index contributed by atoms with van der Waals surface area (Å²) < 4.78 is 16.4. The molecule has 0 saturated carbocycles. The van der Waals surface area contributed by atoms with Gasteiger partial charge >= 0.3 is 6.03 Å². The average Bonchev–Trinajstić information content (AvgIpc) is 2.75. The molecule has 0 unspecified atom stereocenters. The zero-order valence-electron chi connectivity index (χ0n) is 16.5. The van der Waals surface area contributed by atoms with Gasteiger partial charge in [-0.25, -0.2) is 4.79 Å². The fourth-order valence-corrected chi connectivity index (χ4v) is 3.32. The van der Waals surface area contributed by atoms with Gasteiger partial charge in [-0.2, -0.15) is 0 Å². The summed E-state index contributed by atoms with van der Waals surface area (Å²) in [6.07, 6.45) is 1.89. The minimum absolute atomic E-state index is 0.105. The maximum Gasteiger partial charge on any atom is 0.321 e. The fourth-order valence-electron chi connectivity index (χ4n) is 3.32. The second kappa shape index (κ2) is 9.99. The van der Waals surface area contributed by atoms with Crippen LogP contribution in [0.1, 0.15) is 18.4 Å². The number of piperidine rings is 1. The topological polar surface area (TPSA) is 60.0 Å². The largest absolute Gasteiger partial charge is 0.497 e. The molecule has 0 radical (unpaired) electrons. The number of hydrogen-bond donors (Lipinski definition) is 1. The van der Waals surface area contributed by atoms with Gasteiger partial charge in [0.05, 0.1) is 26.5 Å². The highest BCUT2D eigenvalue weighted by Gasteiger charge is 2.23. The molecule has 1 aliphatic heterocycles. The van der Waals surface area contributed by atoms with Gasteiger partial charge in [0.15, 0.2) is 0 Å². The zero-order chi connectivity index (χ0) is 19.8. The Hall–Kier alpha value is -2.73. The number of nitrogens with one attached hydrogen (secondary N) is 1. The summed E-state index contributed by atoms with van der Waals surface area (Å²) >= 11 is 0. The van der Waals surface area contributed by atoms with Gasteiger partial charge in [-0.15, -0.1) is 0 Å². The van der Waals surface area contributed by atoms with Crippen LogP contribution in [0.4, 0.5) is 10.5 Å². The summed E-state index contributed by atoms with van der Waals surface area (Å²) in [5, 5.41) is 2.94. The molecule has 2 aromatic rings. The Balaban J connectivity index is 1.43. The van der Waals surface area contributed by atoms with Crippen molar-refractivity contribution in [3.05, 3.63) is 54.1 Å². The van der Waals surface area contributed by atoms with Gasteiger partial charge in [-0.1, -0.05) is 30.3 Å². The molecule has 1 saturated heterocycles. The maximum absolute atomic E-state index is 12.6. The van der Waals surface area contributed by atoms with Crippen LogP contribution < -0.4 is 14.8 Å². The summed E-state index contributed by atoms with van der Waals surface area (Å²) in [6, 6.07) is 15.4. The third kappa shape index (κ3) is 5.39. The van der Waals surface area contributed by atoms with Crippen molar-refractivity contribution in [3.8, 4) is 11.5 Å². The molecule has 150 valence electrons. The van der Waals surface area contributed by atoms with E-state index < -0.39 is 0 Å². The lowest BCUT2D eigenvalue weighted by Gasteiger charge is -2.32. The first kappa shape index (κ1) is 20.0. The minimum Gasteiger partial charge on any atom is -0.497 e. The molecule has 0 aliphatic carbocycles. The van der Waals surface area contributed by atoms with Gasteiger partial charge in [0.1, 0.15) is 11.5 Å². The van der Waals surface area contributed by atoms with Crippen LogP contribution in [0, 0.1) is 5.92 Å². The van der Waals surface area contributed by atoms with Crippen LogP contribution in [0.3, 0.4) is 0 Å². The van der Waals surface area contributed by atoms with Crippen molar-refractivity contribution in [2.45, 2.75) is 19.4 Å². The van der Waals surface area contributed by atoms with E-state index in [-0.39, 0.29) is 6.03 Å². The lowest BCUT2D eigenvalue weighted by atomic mass is 9.98. The molecule has 0 bridgehead atoms. The van der Waals surface area contributed by atoms with E-state index in [1.165, 1.54) is 5.56 Å². The zero-order valence-corrected chi connectivity index (χ0v) is 16.5. The smallest absolute Gasteiger partial charge is 0.321 e. The quantitative estimate of drug-likeness (QED) is 0.779. The van der Waals surface area contributed by atoms with E-state index in [1.54, 1.807) is 32.4 Å². The van der Waals surface area contributed by atoms with Gasteiger partial charge in [-0.05, 0) is 36.5 Å². The molecule has 2 aromatic carbocycles. The number of rotatable bonds is 7. The third-order valence-electron chi connectivity index (χ3n) is 5.02. The predicted octanol–water partition coefficient (Wildman–Crippen LogP) is 4.16. The number of hydrogen-bond acceptors (Lipinski definition) is 4. The van der Waals surface area contributed by atoms with Crippen molar-refractivity contribution in [1.82, 2.24) is 4.90 Å². The number of likely N-dealkylation sites (tertiary alicyclic amines) is 1. The standard InChI is InChI=1S/C22H28N2O4/c1-26-19-8-9-20(21(14-19)27-2)23-22(25)24-12-10-18(11-13-24)16-28-15-17-6-4-3-5-7-17/h3-9,14,18H,10-13,15-16H2,1-2H3,(H,23,25). The van der Waals surface area contributed by atoms with Crippen LogP contribution in [0.5, 0.6) is 11.5 Å². The van der Waals surface area contributed by atoms with E-state index in [2.05, 4.69) is 17.4 Å². The van der Waals surface area contributed by atoms with Gasteiger partial charge in [-0.3, -0.25) is 0 Å². The van der Waals surface area contributed by atoms with Crippen molar-refractivity contribution in [2.75, 3.05) is 39.2 Å². The summed E-state index contributed by atoms with van der Waals surface area (Å²) in [6.45, 7) is 2.82. The van der Waals surface area contributed by atoms with E-state index in [1.807, 2.05) is 23.1 Å². The number of methoxy groups -OCH3 is 2. The van der Waals surface area contributed by atoms with E-state index in [9.17, 15) is 4.79 Å². The molecule has 6 heteroatoms. The molecule has 2 amide bonds. The maximum atomic E-state index is 12.6. The fraction of sp³-hybridized carbons (Fsp3) is 0.409. The highest BCUT2D eigenvalue weighted by molar-refractivity contribution is 5.91. The van der Waals surface area contributed by atoms with E-state index in [4.69, 9.17) is 14.2 Å². The Kier molecular flexibility index (Phi) is 7.14. The minimum atomic E-state index is -0.105. The van der Waals surface area contributed by atoms with Crippen molar-refractivity contribution in [3.63, 3.8) is 0 Å². The molecule has 3 rings (SSSR count). The van der Waals surface area contributed by atoms with Crippen molar-refractivity contribution in [1.29, 1.82) is 0 Å². The van der Waals surface area contributed by atoms with Gasteiger partial charge in [0.25, 0.3) is 0 Å². The molecule has 0 atom stereocenters. The normalized spacial score (nSPS) is 14.6. The number of amides is 2. The van der Waals surface area contributed by atoms with Crippen LogP contribution >= 0.6 is 0 Å². The first-order chi connectivity index (χ1) is 13.7. The number of carbonyl (C=O) groups is 1. The average molecular weight is 384 g/mol. The van der Waals surface area contributed by atoms with Crippen LogP contribution in [-0.2, 0) is 11.3 Å². The summed E-state index contributed by atoms with van der Waals surface area (Å²) in [5.74, 6) is 1.76. The summed E-state index contributed by atoms with van der Waals surface area (Å²) in [5.41, 5.74) is 1.83. The highest BCUT2D eigenvalue weighted by Crippen LogP contribution is 2.29. The second-order valence-electron chi connectivity index (χ2n) is 6.93. The third-order valence-corrected chi connectivity index (χ3v) is 5.02. The molecule has 1 fully saturated rings. The van der Waals surface area contributed by atoms with Crippen LogP contribution in [0.15, 0.2) is 48.5 Å². The molecule has 1 N–H and O–H groups in total. The Labute approximate surface area is 166 Å². The Bertz CT molecular complexity index is 758. The molecule has 1 heterocycles.